The molecule has 0 aliphatic rings. The molecule has 4 nitrogen and oxygen atoms in total. The maximum Gasteiger partial charge on any atom is 0.258 e. The monoisotopic (exact) mass is 379 g/mol. The largest absolute Gasteiger partial charge is 0.484 e. The van der Waals surface area contributed by atoms with Crippen LogP contribution in [0, 0.1) is 0 Å². The van der Waals surface area contributed by atoms with E-state index in [0.717, 1.165) is 10.4 Å². The normalized spacial score (nSPS) is 11.6. The van der Waals surface area contributed by atoms with E-state index in [1.165, 1.54) is 0 Å². The fraction of sp³-hybridized carbons (Fsp3) is 0.182. The molecule has 1 heterocycles. The molecule has 1 aromatic heterocycles. The van der Waals surface area contributed by atoms with Crippen LogP contribution in [-0.2, 0) is 4.79 Å². The second kappa shape index (κ2) is 9.14. The summed E-state index contributed by atoms with van der Waals surface area (Å²) in [5.41, 5.74) is 1.67. The Morgan fingerprint density at radius 2 is 1.74 bits per heavy atom. The molecule has 138 valence electrons. The van der Waals surface area contributed by atoms with Crippen molar-refractivity contribution < 1.29 is 14.3 Å². The number of amides is 1. The summed E-state index contributed by atoms with van der Waals surface area (Å²) in [6.07, 6.45) is 0.464. The van der Waals surface area contributed by atoms with Crippen LogP contribution in [0.3, 0.4) is 0 Å². The minimum Gasteiger partial charge on any atom is -0.484 e. The van der Waals surface area contributed by atoms with Crippen LogP contribution < -0.4 is 10.1 Å². The standard InChI is InChI=1S/C22H21NO3S/c1-2-19(24)16-10-12-18(13-11-16)26-15-21(25)23-22(20-9-6-14-27-20)17-7-4-3-5-8-17/h3-14,22H,2,15H2,1H3,(H,23,25)/t22-/m1/s1. The summed E-state index contributed by atoms with van der Waals surface area (Å²) in [6, 6.07) is 20.5. The van der Waals surface area contributed by atoms with Gasteiger partial charge in [0.15, 0.2) is 12.4 Å². The smallest absolute Gasteiger partial charge is 0.258 e. The highest BCUT2D eigenvalue weighted by atomic mass is 32.1. The number of ketones is 1. The molecule has 1 amide bonds. The van der Waals surface area contributed by atoms with Gasteiger partial charge in [0.1, 0.15) is 5.75 Å². The minimum absolute atomic E-state index is 0.0842. The molecule has 2 aromatic carbocycles. The number of Topliss-reactive ketones (excluding diaryl/α,β-unsaturated/α-hetero) is 1. The fourth-order valence-electron chi connectivity index (χ4n) is 2.71. The lowest BCUT2D eigenvalue weighted by Gasteiger charge is -2.18. The predicted octanol–water partition coefficient (Wildman–Crippen LogP) is 4.63. The average molecular weight is 379 g/mol. The van der Waals surface area contributed by atoms with Gasteiger partial charge in [0.05, 0.1) is 6.04 Å². The van der Waals surface area contributed by atoms with Gasteiger partial charge in [-0.05, 0) is 41.3 Å². The summed E-state index contributed by atoms with van der Waals surface area (Å²) < 4.78 is 5.57. The number of hydrogen-bond donors (Lipinski definition) is 1. The van der Waals surface area contributed by atoms with Crippen molar-refractivity contribution in [1.82, 2.24) is 5.32 Å². The number of ether oxygens (including phenoxy) is 1. The minimum atomic E-state index is -0.203. The number of nitrogens with one attached hydrogen (secondary N) is 1. The Labute approximate surface area is 162 Å². The first kappa shape index (κ1) is 18.9. The van der Waals surface area contributed by atoms with E-state index in [1.54, 1.807) is 35.6 Å². The molecule has 0 fully saturated rings. The van der Waals surface area contributed by atoms with Gasteiger partial charge in [0.2, 0.25) is 0 Å². The summed E-state index contributed by atoms with van der Waals surface area (Å²) in [6.45, 7) is 1.74. The second-order valence-electron chi connectivity index (χ2n) is 6.02. The lowest BCUT2D eigenvalue weighted by atomic mass is 10.1. The van der Waals surface area contributed by atoms with Crippen LogP contribution in [0.5, 0.6) is 5.75 Å². The van der Waals surface area contributed by atoms with Gasteiger partial charge in [0.25, 0.3) is 5.91 Å². The molecule has 5 heteroatoms. The predicted molar refractivity (Wildman–Crippen MR) is 107 cm³/mol. The molecule has 3 rings (SSSR count). The molecule has 0 saturated carbocycles. The van der Waals surface area contributed by atoms with Crippen LogP contribution in [0.1, 0.15) is 40.2 Å². The molecule has 0 radical (unpaired) electrons. The first-order valence-electron chi connectivity index (χ1n) is 8.81. The first-order chi connectivity index (χ1) is 13.2. The SMILES string of the molecule is CCC(=O)c1ccc(OCC(=O)N[C@H](c2ccccc2)c2cccs2)cc1. The van der Waals surface area contributed by atoms with E-state index in [9.17, 15) is 9.59 Å². The van der Waals surface area contributed by atoms with Gasteiger partial charge in [-0.3, -0.25) is 9.59 Å². The fourth-order valence-corrected chi connectivity index (χ4v) is 3.51. The molecule has 0 bridgehead atoms. The van der Waals surface area contributed by atoms with Gasteiger partial charge in [-0.25, -0.2) is 0 Å². The lowest BCUT2D eigenvalue weighted by molar-refractivity contribution is -0.123. The number of thiophene rings is 1. The third-order valence-corrected chi connectivity index (χ3v) is 5.07. The topological polar surface area (TPSA) is 55.4 Å². The molecule has 0 aliphatic heterocycles. The Morgan fingerprint density at radius 3 is 2.37 bits per heavy atom. The van der Waals surface area contributed by atoms with Crippen LogP contribution >= 0.6 is 11.3 Å². The summed E-state index contributed by atoms with van der Waals surface area (Å²) in [5.74, 6) is 0.442. The highest BCUT2D eigenvalue weighted by Crippen LogP contribution is 2.25. The summed E-state index contributed by atoms with van der Waals surface area (Å²) in [7, 11) is 0. The highest BCUT2D eigenvalue weighted by Gasteiger charge is 2.18. The maximum atomic E-state index is 12.4. The molecule has 0 unspecified atom stereocenters. The molecule has 0 spiro atoms. The quantitative estimate of drug-likeness (QED) is 0.581. The second-order valence-corrected chi connectivity index (χ2v) is 7.00. The molecule has 3 aromatic rings. The number of hydrogen-bond acceptors (Lipinski definition) is 4. The Morgan fingerprint density at radius 1 is 1.00 bits per heavy atom. The van der Waals surface area contributed by atoms with Crippen LogP contribution in [0.15, 0.2) is 72.1 Å². The van der Waals surface area contributed by atoms with Crippen molar-refractivity contribution in [1.29, 1.82) is 0 Å². The van der Waals surface area contributed by atoms with E-state index >= 15 is 0 Å². The van der Waals surface area contributed by atoms with E-state index in [2.05, 4.69) is 5.32 Å². The molecule has 1 atom stereocenters. The molecular formula is C22H21NO3S. The third-order valence-electron chi connectivity index (χ3n) is 4.13. The van der Waals surface area contributed by atoms with Crippen molar-refractivity contribution in [3.63, 3.8) is 0 Å². The molecule has 0 aliphatic carbocycles. The number of benzene rings is 2. The number of carbonyl (C=O) groups excluding carboxylic acids is 2. The highest BCUT2D eigenvalue weighted by molar-refractivity contribution is 7.10. The zero-order valence-electron chi connectivity index (χ0n) is 15.1. The van der Waals surface area contributed by atoms with E-state index in [4.69, 9.17) is 4.74 Å². The molecular weight excluding hydrogens is 358 g/mol. The molecule has 0 saturated heterocycles. The van der Waals surface area contributed by atoms with Gasteiger partial charge in [-0.1, -0.05) is 43.3 Å². The van der Waals surface area contributed by atoms with Crippen molar-refractivity contribution in [2.24, 2.45) is 0 Å². The first-order valence-corrected chi connectivity index (χ1v) is 9.69. The summed E-state index contributed by atoms with van der Waals surface area (Å²) in [4.78, 5) is 25.2. The van der Waals surface area contributed by atoms with Crippen LogP contribution in [0.2, 0.25) is 0 Å². The summed E-state index contributed by atoms with van der Waals surface area (Å²) >= 11 is 1.60. The Balaban J connectivity index is 1.62. The molecule has 1 N–H and O–H groups in total. The average Bonchev–Trinajstić information content (AvgIpc) is 3.25. The van der Waals surface area contributed by atoms with Crippen molar-refractivity contribution in [3.05, 3.63) is 88.1 Å². The van der Waals surface area contributed by atoms with E-state index < -0.39 is 0 Å². The van der Waals surface area contributed by atoms with E-state index in [-0.39, 0.29) is 24.3 Å². The van der Waals surface area contributed by atoms with Crippen molar-refractivity contribution in [2.45, 2.75) is 19.4 Å². The van der Waals surface area contributed by atoms with Crippen LogP contribution in [-0.4, -0.2) is 18.3 Å². The lowest BCUT2D eigenvalue weighted by Crippen LogP contribution is -2.32. The maximum absolute atomic E-state index is 12.4. The number of rotatable bonds is 8. The van der Waals surface area contributed by atoms with E-state index in [0.29, 0.717) is 17.7 Å². The van der Waals surface area contributed by atoms with Gasteiger partial charge >= 0.3 is 0 Å². The van der Waals surface area contributed by atoms with E-state index in [1.807, 2.05) is 54.8 Å². The molecule has 27 heavy (non-hydrogen) atoms. The van der Waals surface area contributed by atoms with Gasteiger partial charge in [-0.2, -0.15) is 0 Å². The van der Waals surface area contributed by atoms with Crippen molar-refractivity contribution in [3.8, 4) is 5.75 Å². The van der Waals surface area contributed by atoms with Crippen LogP contribution in [0.25, 0.3) is 0 Å². The van der Waals surface area contributed by atoms with Gasteiger partial charge in [0, 0.05) is 16.9 Å². The van der Waals surface area contributed by atoms with Crippen molar-refractivity contribution >= 4 is 23.0 Å². The Kier molecular flexibility index (Phi) is 6.39. The Hall–Kier alpha value is -2.92. The number of carbonyl (C=O) groups is 2. The van der Waals surface area contributed by atoms with Crippen molar-refractivity contribution in [2.75, 3.05) is 6.61 Å². The Bertz CT molecular complexity index is 874. The van der Waals surface area contributed by atoms with Crippen LogP contribution in [0.4, 0.5) is 0 Å². The van der Waals surface area contributed by atoms with Gasteiger partial charge in [-0.15, -0.1) is 11.3 Å². The van der Waals surface area contributed by atoms with Gasteiger partial charge < -0.3 is 10.1 Å². The zero-order chi connectivity index (χ0) is 19.1. The zero-order valence-corrected chi connectivity index (χ0v) is 15.9. The summed E-state index contributed by atoms with van der Waals surface area (Å²) in [5, 5.41) is 5.03. The third kappa shape index (κ3) is 5.05.